The number of nitrogens with one attached hydrogen (secondary N) is 1. The van der Waals surface area contributed by atoms with Crippen molar-refractivity contribution in [2.75, 3.05) is 25.0 Å². The Labute approximate surface area is 124 Å². The summed E-state index contributed by atoms with van der Waals surface area (Å²) in [5.41, 5.74) is 2.72. The van der Waals surface area contributed by atoms with Crippen LogP contribution in [0.1, 0.15) is 24.0 Å². The number of aliphatic hydroxyl groups excluding tert-OH is 1. The van der Waals surface area contributed by atoms with Gasteiger partial charge >= 0.3 is 0 Å². The van der Waals surface area contributed by atoms with Gasteiger partial charge in [0, 0.05) is 6.04 Å². The highest BCUT2D eigenvalue weighted by Crippen LogP contribution is 2.27. The fraction of sp³-hybridized carbons (Fsp3) is 0.533. The number of aryl methyl sites for hydroxylation is 2. The molecule has 1 saturated heterocycles. The van der Waals surface area contributed by atoms with E-state index in [1.165, 1.54) is 0 Å². The van der Waals surface area contributed by atoms with Gasteiger partial charge in [-0.05, 0) is 50.4 Å². The van der Waals surface area contributed by atoms with E-state index in [2.05, 4.69) is 5.32 Å². The van der Waals surface area contributed by atoms with E-state index in [4.69, 9.17) is 11.6 Å². The molecule has 1 aliphatic heterocycles. The average Bonchev–Trinajstić information content (AvgIpc) is 2.81. The second-order valence-electron chi connectivity index (χ2n) is 5.44. The Morgan fingerprint density at radius 3 is 2.90 bits per heavy atom. The van der Waals surface area contributed by atoms with E-state index in [-0.39, 0.29) is 18.6 Å². The Morgan fingerprint density at radius 2 is 2.25 bits per heavy atom. The number of halogens is 1. The third-order valence-corrected chi connectivity index (χ3v) is 4.05. The lowest BCUT2D eigenvalue weighted by Crippen LogP contribution is -2.38. The van der Waals surface area contributed by atoms with Crippen molar-refractivity contribution in [1.29, 1.82) is 0 Å². The number of aliphatic hydroxyl groups is 1. The second-order valence-corrected chi connectivity index (χ2v) is 5.84. The summed E-state index contributed by atoms with van der Waals surface area (Å²) in [4.78, 5) is 14.1. The summed E-state index contributed by atoms with van der Waals surface area (Å²) in [5, 5.41) is 12.7. The summed E-state index contributed by atoms with van der Waals surface area (Å²) in [5.74, 6) is -0.0841. The first-order valence-electron chi connectivity index (χ1n) is 6.92. The highest BCUT2D eigenvalue weighted by atomic mass is 35.5. The number of nitrogens with zero attached hydrogens (tertiary/aromatic N) is 1. The Balaban J connectivity index is 2.01. The van der Waals surface area contributed by atoms with Gasteiger partial charge in [-0.2, -0.15) is 0 Å². The number of hydrogen-bond acceptors (Lipinski definition) is 3. The van der Waals surface area contributed by atoms with Crippen LogP contribution >= 0.6 is 11.6 Å². The Hall–Kier alpha value is -1.10. The lowest BCUT2D eigenvalue weighted by Gasteiger charge is -2.22. The van der Waals surface area contributed by atoms with Crippen molar-refractivity contribution in [3.63, 3.8) is 0 Å². The number of amides is 1. The minimum absolute atomic E-state index is 0.0841. The molecule has 20 heavy (non-hydrogen) atoms. The quantitative estimate of drug-likeness (QED) is 0.897. The molecule has 0 radical (unpaired) electrons. The monoisotopic (exact) mass is 296 g/mol. The average molecular weight is 297 g/mol. The molecule has 0 aliphatic carbocycles. The Bertz CT molecular complexity index is 482. The van der Waals surface area contributed by atoms with Crippen LogP contribution in [-0.2, 0) is 4.79 Å². The maximum absolute atomic E-state index is 12.1. The van der Waals surface area contributed by atoms with Gasteiger partial charge in [-0.3, -0.25) is 9.69 Å². The molecule has 1 aliphatic rings. The van der Waals surface area contributed by atoms with Gasteiger partial charge in [-0.25, -0.2) is 0 Å². The van der Waals surface area contributed by atoms with Crippen LogP contribution in [0.4, 0.5) is 5.69 Å². The first-order valence-corrected chi connectivity index (χ1v) is 7.30. The molecule has 2 N–H and O–H groups in total. The largest absolute Gasteiger partial charge is 0.395 e. The van der Waals surface area contributed by atoms with Gasteiger partial charge in [-0.15, -0.1) is 0 Å². The molecule has 0 bridgehead atoms. The van der Waals surface area contributed by atoms with E-state index in [0.29, 0.717) is 17.3 Å². The third-order valence-electron chi connectivity index (χ3n) is 3.75. The van der Waals surface area contributed by atoms with E-state index in [9.17, 15) is 9.90 Å². The molecule has 0 saturated carbocycles. The van der Waals surface area contributed by atoms with Crippen LogP contribution in [-0.4, -0.2) is 41.7 Å². The molecule has 0 unspecified atom stereocenters. The summed E-state index contributed by atoms with van der Waals surface area (Å²) >= 11 is 6.18. The number of carbonyl (C=O) groups excluding carboxylic acids is 1. The number of benzene rings is 1. The molecule has 110 valence electrons. The molecule has 0 aromatic heterocycles. The molecule has 5 heteroatoms. The van der Waals surface area contributed by atoms with Gasteiger partial charge in [0.15, 0.2) is 0 Å². The molecule has 1 amide bonds. The minimum Gasteiger partial charge on any atom is -0.395 e. The number of anilines is 1. The maximum Gasteiger partial charge on any atom is 0.238 e. The predicted octanol–water partition coefficient (Wildman–Crippen LogP) is 2.35. The van der Waals surface area contributed by atoms with Crippen LogP contribution in [0.5, 0.6) is 0 Å². The van der Waals surface area contributed by atoms with Gasteiger partial charge in [0.2, 0.25) is 5.91 Å². The van der Waals surface area contributed by atoms with E-state index in [1.54, 1.807) is 0 Å². The van der Waals surface area contributed by atoms with Crippen molar-refractivity contribution < 1.29 is 9.90 Å². The van der Waals surface area contributed by atoms with E-state index >= 15 is 0 Å². The Kier molecular flexibility index (Phi) is 5.02. The lowest BCUT2D eigenvalue weighted by atomic mass is 10.1. The van der Waals surface area contributed by atoms with Crippen LogP contribution in [0.25, 0.3) is 0 Å². The van der Waals surface area contributed by atoms with Gasteiger partial charge < -0.3 is 10.4 Å². The van der Waals surface area contributed by atoms with Crippen LogP contribution < -0.4 is 5.32 Å². The SMILES string of the molecule is Cc1cc(C)c(NC(=O)CN2CCC[C@H]2CO)c(Cl)c1. The zero-order valence-electron chi connectivity index (χ0n) is 11.9. The van der Waals surface area contributed by atoms with Crippen molar-refractivity contribution in [3.8, 4) is 0 Å². The zero-order chi connectivity index (χ0) is 14.7. The molecule has 1 aromatic rings. The van der Waals surface area contributed by atoms with Crippen molar-refractivity contribution in [2.45, 2.75) is 32.7 Å². The van der Waals surface area contributed by atoms with Crippen LogP contribution in [0.15, 0.2) is 12.1 Å². The fourth-order valence-electron chi connectivity index (χ4n) is 2.75. The summed E-state index contributed by atoms with van der Waals surface area (Å²) in [6.45, 7) is 5.17. The van der Waals surface area contributed by atoms with Crippen LogP contribution in [0.2, 0.25) is 5.02 Å². The number of likely N-dealkylation sites (tertiary alicyclic amines) is 1. The predicted molar refractivity (Wildman–Crippen MR) is 81.2 cm³/mol. The summed E-state index contributed by atoms with van der Waals surface area (Å²) in [6.07, 6.45) is 1.98. The van der Waals surface area contributed by atoms with Crippen molar-refractivity contribution in [3.05, 3.63) is 28.3 Å². The highest BCUT2D eigenvalue weighted by Gasteiger charge is 2.25. The minimum atomic E-state index is -0.0841. The van der Waals surface area contributed by atoms with Gasteiger partial charge in [0.25, 0.3) is 0 Å². The lowest BCUT2D eigenvalue weighted by molar-refractivity contribution is -0.117. The molecule has 0 spiro atoms. The molecule has 4 nitrogen and oxygen atoms in total. The normalized spacial score (nSPS) is 19.3. The molecule has 2 rings (SSSR count). The molecule has 1 aromatic carbocycles. The number of rotatable bonds is 4. The maximum atomic E-state index is 12.1. The zero-order valence-corrected chi connectivity index (χ0v) is 12.7. The number of hydrogen-bond donors (Lipinski definition) is 2. The summed E-state index contributed by atoms with van der Waals surface area (Å²) in [6, 6.07) is 3.94. The molecular formula is C15H21ClN2O2. The first kappa shape index (κ1) is 15.3. The fourth-order valence-corrected chi connectivity index (χ4v) is 3.12. The summed E-state index contributed by atoms with van der Waals surface area (Å²) in [7, 11) is 0. The molecule has 1 heterocycles. The van der Waals surface area contributed by atoms with Crippen molar-refractivity contribution in [1.82, 2.24) is 4.90 Å². The van der Waals surface area contributed by atoms with E-state index in [1.807, 2.05) is 30.9 Å². The van der Waals surface area contributed by atoms with Gasteiger partial charge in [0.1, 0.15) is 0 Å². The van der Waals surface area contributed by atoms with E-state index < -0.39 is 0 Å². The topological polar surface area (TPSA) is 52.6 Å². The van der Waals surface area contributed by atoms with Gasteiger partial charge in [-0.1, -0.05) is 17.7 Å². The first-order chi connectivity index (χ1) is 9.51. The van der Waals surface area contributed by atoms with Crippen molar-refractivity contribution >= 4 is 23.2 Å². The van der Waals surface area contributed by atoms with E-state index in [0.717, 1.165) is 30.5 Å². The highest BCUT2D eigenvalue weighted by molar-refractivity contribution is 6.34. The molecule has 1 atom stereocenters. The van der Waals surface area contributed by atoms with Gasteiger partial charge in [0.05, 0.1) is 23.9 Å². The van der Waals surface area contributed by atoms with Crippen LogP contribution in [0, 0.1) is 13.8 Å². The second kappa shape index (κ2) is 6.57. The van der Waals surface area contributed by atoms with Crippen molar-refractivity contribution in [2.24, 2.45) is 0 Å². The third kappa shape index (κ3) is 3.51. The molecule has 1 fully saturated rings. The smallest absolute Gasteiger partial charge is 0.238 e. The van der Waals surface area contributed by atoms with Crippen LogP contribution in [0.3, 0.4) is 0 Å². The Morgan fingerprint density at radius 1 is 1.50 bits per heavy atom. The summed E-state index contributed by atoms with van der Waals surface area (Å²) < 4.78 is 0. The standard InChI is InChI=1S/C15H21ClN2O2/c1-10-6-11(2)15(13(16)7-10)17-14(20)8-18-5-3-4-12(18)9-19/h6-7,12,19H,3-5,8-9H2,1-2H3,(H,17,20)/t12-/m0/s1. The molecular weight excluding hydrogens is 276 g/mol. The number of carbonyl (C=O) groups is 1.